The smallest absolute Gasteiger partial charge is 0.326 e. The van der Waals surface area contributed by atoms with Crippen molar-refractivity contribution in [3.63, 3.8) is 0 Å². The lowest BCUT2D eigenvalue weighted by molar-refractivity contribution is -0.142. The number of allylic oxidation sites excluding steroid dienone is 3. The van der Waals surface area contributed by atoms with Crippen molar-refractivity contribution in [1.82, 2.24) is 5.32 Å². The third kappa shape index (κ3) is 5.88. The van der Waals surface area contributed by atoms with Crippen molar-refractivity contribution in [3.8, 4) is 0 Å². The number of carboxylic acid groups (broad SMARTS) is 2. The highest BCUT2D eigenvalue weighted by Crippen LogP contribution is 2.44. The fourth-order valence-electron chi connectivity index (χ4n) is 3.11. The molecule has 0 saturated heterocycles. The van der Waals surface area contributed by atoms with Crippen LogP contribution in [0.4, 0.5) is 0 Å². The maximum absolute atomic E-state index is 12.0. The minimum atomic E-state index is -1.36. The second-order valence-electron chi connectivity index (χ2n) is 7.67. The van der Waals surface area contributed by atoms with Crippen LogP contribution in [0.25, 0.3) is 0 Å². The Morgan fingerprint density at radius 2 is 1.89 bits per heavy atom. The number of carbonyl (C=O) groups excluding carboxylic acids is 2. The van der Waals surface area contributed by atoms with E-state index in [-0.39, 0.29) is 25.0 Å². The predicted octanol–water partition coefficient (Wildman–Crippen LogP) is 1.60. The number of nitrogens with one attached hydrogen (secondary N) is 1. The van der Waals surface area contributed by atoms with E-state index < -0.39 is 34.9 Å². The van der Waals surface area contributed by atoms with Crippen LogP contribution in [0.15, 0.2) is 35.5 Å². The lowest BCUT2D eigenvalue weighted by Gasteiger charge is -2.44. The molecule has 0 aliphatic heterocycles. The number of amides is 1. The molecule has 0 saturated carbocycles. The van der Waals surface area contributed by atoms with E-state index in [1.54, 1.807) is 27.7 Å². The van der Waals surface area contributed by atoms with Crippen LogP contribution in [-0.2, 0) is 19.2 Å². The first-order chi connectivity index (χ1) is 12.8. The van der Waals surface area contributed by atoms with Gasteiger partial charge in [-0.15, -0.1) is 0 Å². The quantitative estimate of drug-likeness (QED) is 0.362. The van der Waals surface area contributed by atoms with Gasteiger partial charge < -0.3 is 20.6 Å². The summed E-state index contributed by atoms with van der Waals surface area (Å²) in [6.45, 7) is 6.82. The maximum atomic E-state index is 12.0. The highest BCUT2D eigenvalue weighted by Gasteiger charge is 2.46. The number of carboxylic acids is 2. The third-order valence-corrected chi connectivity index (χ3v) is 4.83. The zero-order valence-electron chi connectivity index (χ0n) is 16.5. The lowest BCUT2D eigenvalue weighted by atomic mass is 9.64. The van der Waals surface area contributed by atoms with Crippen molar-refractivity contribution in [3.05, 3.63) is 35.5 Å². The first-order valence-electron chi connectivity index (χ1n) is 8.85. The molecule has 1 amide bonds. The van der Waals surface area contributed by atoms with Gasteiger partial charge in [0.1, 0.15) is 11.6 Å². The molecule has 8 nitrogen and oxygen atoms in total. The summed E-state index contributed by atoms with van der Waals surface area (Å²) in [5.74, 6) is -3.22. The number of rotatable bonds is 8. The van der Waals surface area contributed by atoms with E-state index in [9.17, 15) is 24.3 Å². The Kier molecular flexibility index (Phi) is 7.46. The lowest BCUT2D eigenvalue weighted by Crippen LogP contribution is -2.48. The fraction of sp³-hybridized carbons (Fsp3) is 0.500. The molecule has 0 fully saturated rings. The van der Waals surface area contributed by atoms with Gasteiger partial charge in [-0.25, -0.2) is 4.79 Å². The molecule has 1 rings (SSSR count). The summed E-state index contributed by atoms with van der Waals surface area (Å²) in [7, 11) is 0. The van der Waals surface area contributed by atoms with Crippen molar-refractivity contribution in [2.75, 3.05) is 0 Å². The highest BCUT2D eigenvalue weighted by molar-refractivity contribution is 5.93. The second kappa shape index (κ2) is 8.97. The van der Waals surface area contributed by atoms with Gasteiger partial charge in [0.05, 0.1) is 0 Å². The van der Waals surface area contributed by atoms with Crippen LogP contribution in [0, 0.1) is 5.41 Å². The number of aliphatic hydroxyl groups is 1. The summed E-state index contributed by atoms with van der Waals surface area (Å²) in [5.41, 5.74) is -1.14. The molecule has 1 aliphatic carbocycles. The predicted molar refractivity (Wildman–Crippen MR) is 101 cm³/mol. The van der Waals surface area contributed by atoms with Crippen LogP contribution in [0.3, 0.4) is 0 Å². The molecule has 1 aliphatic rings. The minimum absolute atomic E-state index is 0.0618. The summed E-state index contributed by atoms with van der Waals surface area (Å²) in [6, 6.07) is -1.31. The molecular formula is C20H27NO7. The molecule has 0 aromatic carbocycles. The molecule has 154 valence electrons. The summed E-state index contributed by atoms with van der Waals surface area (Å²) >= 11 is 0. The van der Waals surface area contributed by atoms with Gasteiger partial charge in [0.15, 0.2) is 5.78 Å². The van der Waals surface area contributed by atoms with Gasteiger partial charge in [-0.1, -0.05) is 19.9 Å². The molecule has 0 radical (unpaired) electrons. The highest BCUT2D eigenvalue weighted by atomic mass is 16.4. The normalized spacial score (nSPS) is 23.2. The number of aliphatic carboxylic acids is 2. The van der Waals surface area contributed by atoms with E-state index in [0.717, 1.165) is 6.08 Å². The Morgan fingerprint density at radius 3 is 2.39 bits per heavy atom. The van der Waals surface area contributed by atoms with Gasteiger partial charge in [0.25, 0.3) is 0 Å². The van der Waals surface area contributed by atoms with Crippen molar-refractivity contribution < 1.29 is 34.5 Å². The van der Waals surface area contributed by atoms with Crippen molar-refractivity contribution in [2.24, 2.45) is 5.41 Å². The SMILES string of the molecule is CC1=CC(=O)CC(C)(C)[C@]1(O)/C=C/C(C)=C\C(=O)N[C@@H](CCC(=O)O)C(=O)O. The molecule has 0 bridgehead atoms. The average molecular weight is 393 g/mol. The Morgan fingerprint density at radius 1 is 1.29 bits per heavy atom. The molecule has 0 spiro atoms. The van der Waals surface area contributed by atoms with E-state index in [4.69, 9.17) is 10.2 Å². The Balaban J connectivity index is 2.91. The van der Waals surface area contributed by atoms with Gasteiger partial charge in [0, 0.05) is 24.3 Å². The van der Waals surface area contributed by atoms with E-state index >= 15 is 0 Å². The first-order valence-corrected chi connectivity index (χ1v) is 8.85. The van der Waals surface area contributed by atoms with Crippen molar-refractivity contribution in [2.45, 2.75) is 58.6 Å². The van der Waals surface area contributed by atoms with Crippen LogP contribution in [-0.4, -0.2) is 50.6 Å². The van der Waals surface area contributed by atoms with Crippen LogP contribution in [0.2, 0.25) is 0 Å². The molecule has 0 heterocycles. The van der Waals surface area contributed by atoms with Gasteiger partial charge in [-0.05, 0) is 43.6 Å². The molecule has 4 N–H and O–H groups in total. The van der Waals surface area contributed by atoms with Gasteiger partial charge in [-0.3, -0.25) is 14.4 Å². The molecular weight excluding hydrogens is 366 g/mol. The standard InChI is InChI=1S/C20H27NO7/c1-12(9-16(23)21-15(18(26)27)5-6-17(24)25)7-8-20(28)13(2)10-14(22)11-19(20,3)4/h7-10,15,28H,5-6,11H2,1-4H3,(H,21,23)(H,24,25)(H,26,27)/b8-7+,12-9-/t15-,20-/m0/s1. The summed E-state index contributed by atoms with van der Waals surface area (Å²) in [4.78, 5) is 45.5. The molecule has 28 heavy (non-hydrogen) atoms. The molecule has 0 unspecified atom stereocenters. The second-order valence-corrected chi connectivity index (χ2v) is 7.67. The molecule has 8 heteroatoms. The van der Waals surface area contributed by atoms with Gasteiger partial charge in [-0.2, -0.15) is 0 Å². The molecule has 0 aromatic heterocycles. The van der Waals surface area contributed by atoms with E-state index in [1.807, 2.05) is 0 Å². The monoisotopic (exact) mass is 393 g/mol. The minimum Gasteiger partial charge on any atom is -0.481 e. The molecule has 2 atom stereocenters. The fourth-order valence-corrected chi connectivity index (χ4v) is 3.11. The Bertz CT molecular complexity index is 761. The van der Waals surface area contributed by atoms with Crippen LogP contribution < -0.4 is 5.32 Å². The average Bonchev–Trinajstić information content (AvgIpc) is 2.53. The third-order valence-electron chi connectivity index (χ3n) is 4.83. The largest absolute Gasteiger partial charge is 0.481 e. The van der Waals surface area contributed by atoms with Crippen molar-refractivity contribution in [1.29, 1.82) is 0 Å². The zero-order chi connectivity index (χ0) is 21.7. The topological polar surface area (TPSA) is 141 Å². The van der Waals surface area contributed by atoms with Crippen molar-refractivity contribution >= 4 is 23.6 Å². The van der Waals surface area contributed by atoms with Gasteiger partial charge in [0.2, 0.25) is 5.91 Å². The number of hydrogen-bond acceptors (Lipinski definition) is 5. The number of hydrogen-bond donors (Lipinski definition) is 4. The van der Waals surface area contributed by atoms with E-state index in [2.05, 4.69) is 5.32 Å². The first kappa shape index (κ1) is 23.3. The summed E-state index contributed by atoms with van der Waals surface area (Å²) in [6.07, 6.45) is 5.18. The number of carbonyl (C=O) groups is 4. The Hall–Kier alpha value is -2.74. The Labute approximate surface area is 163 Å². The molecule has 0 aromatic rings. The van der Waals surface area contributed by atoms with E-state index in [1.165, 1.54) is 18.2 Å². The summed E-state index contributed by atoms with van der Waals surface area (Å²) in [5, 5.41) is 31.0. The maximum Gasteiger partial charge on any atom is 0.326 e. The van der Waals surface area contributed by atoms with E-state index in [0.29, 0.717) is 11.1 Å². The van der Waals surface area contributed by atoms with Gasteiger partial charge >= 0.3 is 11.9 Å². The van der Waals surface area contributed by atoms with Crippen LogP contribution in [0.1, 0.15) is 47.0 Å². The van der Waals surface area contributed by atoms with Crippen LogP contribution in [0.5, 0.6) is 0 Å². The zero-order valence-corrected chi connectivity index (χ0v) is 16.5. The summed E-state index contributed by atoms with van der Waals surface area (Å²) < 4.78 is 0. The number of ketones is 1. The van der Waals surface area contributed by atoms with Crippen LogP contribution >= 0.6 is 0 Å².